The molecule has 0 saturated carbocycles. The molecule has 2 atom stereocenters. The number of hydrogen-bond acceptors (Lipinski definition) is 2. The first-order valence-corrected chi connectivity index (χ1v) is 5.93. The van der Waals surface area contributed by atoms with Crippen LogP contribution in [0.5, 0.6) is 0 Å². The van der Waals surface area contributed by atoms with E-state index < -0.39 is 0 Å². The molecule has 11 heavy (non-hydrogen) atoms. The fourth-order valence-electron chi connectivity index (χ4n) is 1.35. The van der Waals surface area contributed by atoms with Crippen molar-refractivity contribution in [2.75, 3.05) is 4.43 Å². The van der Waals surface area contributed by atoms with E-state index in [2.05, 4.69) is 29.5 Å². The Morgan fingerprint density at radius 3 is 2.91 bits per heavy atom. The van der Waals surface area contributed by atoms with Crippen molar-refractivity contribution in [3.8, 4) is 0 Å². The molecule has 0 aromatic heterocycles. The molecule has 0 amide bonds. The predicted octanol–water partition coefficient (Wildman–Crippen LogP) is 2.95. The first-order chi connectivity index (χ1) is 5.24. The third kappa shape index (κ3) is 2.86. The fourth-order valence-corrected chi connectivity index (χ4v) is 2.18. The number of hydrogen-bond donors (Lipinski definition) is 0. The summed E-state index contributed by atoms with van der Waals surface area (Å²) in [6.07, 6.45) is 3.82. The molecular weight excluding hydrogens is 271 g/mol. The maximum Gasteiger partial charge on any atom is 0.160 e. The Kier molecular flexibility index (Phi) is 4.06. The van der Waals surface area contributed by atoms with E-state index in [0.717, 1.165) is 11.5 Å². The Labute approximate surface area is 87.0 Å². The van der Waals surface area contributed by atoms with E-state index in [1.807, 2.05) is 0 Å². The van der Waals surface area contributed by atoms with Gasteiger partial charge in [0.05, 0.1) is 0 Å². The summed E-state index contributed by atoms with van der Waals surface area (Å²) in [5.41, 5.74) is 0. The summed E-state index contributed by atoms with van der Waals surface area (Å²) in [6, 6.07) is 0. The molecule has 1 heterocycles. The van der Waals surface area contributed by atoms with E-state index >= 15 is 0 Å². The van der Waals surface area contributed by atoms with Crippen LogP contribution in [0.4, 0.5) is 0 Å². The standard InChI is InChI=1S/C8H13IOS/c1-6-5-8(11)10-7(6)3-2-4-9/h6-7H,2-5H2,1H3. The van der Waals surface area contributed by atoms with Crippen LogP contribution in [0.1, 0.15) is 26.2 Å². The highest BCUT2D eigenvalue weighted by Crippen LogP contribution is 2.25. The van der Waals surface area contributed by atoms with Gasteiger partial charge in [0.1, 0.15) is 6.10 Å². The predicted molar refractivity (Wildman–Crippen MR) is 59.4 cm³/mol. The van der Waals surface area contributed by atoms with Crippen LogP contribution >= 0.6 is 34.8 Å². The van der Waals surface area contributed by atoms with Gasteiger partial charge in [0, 0.05) is 12.3 Å². The Morgan fingerprint density at radius 1 is 1.73 bits per heavy atom. The number of thiocarbonyl (C=S) groups is 1. The van der Waals surface area contributed by atoms with Crippen LogP contribution in [-0.2, 0) is 4.74 Å². The van der Waals surface area contributed by atoms with E-state index in [0.29, 0.717) is 12.0 Å². The average molecular weight is 284 g/mol. The van der Waals surface area contributed by atoms with Gasteiger partial charge in [0.15, 0.2) is 5.05 Å². The Balaban J connectivity index is 2.28. The van der Waals surface area contributed by atoms with Gasteiger partial charge in [-0.15, -0.1) is 0 Å². The number of rotatable bonds is 3. The van der Waals surface area contributed by atoms with Crippen molar-refractivity contribution in [2.45, 2.75) is 32.3 Å². The van der Waals surface area contributed by atoms with Gasteiger partial charge in [-0.05, 0) is 29.5 Å². The lowest BCUT2D eigenvalue weighted by Gasteiger charge is -2.12. The minimum absolute atomic E-state index is 0.414. The Bertz CT molecular complexity index is 149. The summed E-state index contributed by atoms with van der Waals surface area (Å²) in [4.78, 5) is 0. The summed E-state index contributed by atoms with van der Waals surface area (Å²) >= 11 is 7.40. The molecule has 0 aromatic rings. The second-order valence-electron chi connectivity index (χ2n) is 3.04. The zero-order chi connectivity index (χ0) is 8.27. The van der Waals surface area contributed by atoms with Crippen molar-refractivity contribution in [3.63, 3.8) is 0 Å². The maximum atomic E-state index is 5.50. The summed E-state index contributed by atoms with van der Waals surface area (Å²) in [7, 11) is 0. The van der Waals surface area contributed by atoms with Crippen LogP contribution in [0.2, 0.25) is 0 Å². The van der Waals surface area contributed by atoms with E-state index in [4.69, 9.17) is 17.0 Å². The lowest BCUT2D eigenvalue weighted by molar-refractivity contribution is 0.173. The summed E-state index contributed by atoms with van der Waals surface area (Å²) in [5.74, 6) is 0.644. The molecule has 0 spiro atoms. The van der Waals surface area contributed by atoms with Gasteiger partial charge in [-0.25, -0.2) is 0 Å². The van der Waals surface area contributed by atoms with E-state index in [1.54, 1.807) is 0 Å². The Morgan fingerprint density at radius 2 is 2.45 bits per heavy atom. The van der Waals surface area contributed by atoms with Crippen molar-refractivity contribution < 1.29 is 4.74 Å². The first kappa shape index (κ1) is 9.71. The van der Waals surface area contributed by atoms with Gasteiger partial charge in [0.25, 0.3) is 0 Å². The molecule has 0 N–H and O–H groups in total. The molecule has 1 nitrogen and oxygen atoms in total. The van der Waals surface area contributed by atoms with Gasteiger partial charge in [-0.3, -0.25) is 0 Å². The van der Waals surface area contributed by atoms with Crippen LogP contribution in [0.25, 0.3) is 0 Å². The summed E-state index contributed by atoms with van der Waals surface area (Å²) < 4.78 is 6.72. The molecule has 3 heteroatoms. The van der Waals surface area contributed by atoms with E-state index in [-0.39, 0.29) is 0 Å². The number of ether oxygens (including phenoxy) is 1. The molecule has 0 aliphatic carbocycles. The van der Waals surface area contributed by atoms with Gasteiger partial charge in [-0.1, -0.05) is 29.5 Å². The summed E-state index contributed by atoms with van der Waals surface area (Å²) in [6.45, 7) is 2.22. The molecule has 1 aliphatic heterocycles. The van der Waals surface area contributed by atoms with Crippen molar-refractivity contribution >= 4 is 39.9 Å². The van der Waals surface area contributed by atoms with Crippen LogP contribution < -0.4 is 0 Å². The highest BCUT2D eigenvalue weighted by Gasteiger charge is 2.27. The molecule has 0 bridgehead atoms. The van der Waals surface area contributed by atoms with E-state index in [9.17, 15) is 0 Å². The molecular formula is C8H13IOS. The van der Waals surface area contributed by atoms with E-state index in [1.165, 1.54) is 17.3 Å². The highest BCUT2D eigenvalue weighted by atomic mass is 127. The highest BCUT2D eigenvalue weighted by molar-refractivity contribution is 14.1. The molecule has 1 fully saturated rings. The molecule has 0 radical (unpaired) electrons. The zero-order valence-electron chi connectivity index (χ0n) is 6.68. The van der Waals surface area contributed by atoms with Crippen molar-refractivity contribution in [2.24, 2.45) is 5.92 Å². The number of alkyl halides is 1. The molecule has 1 rings (SSSR count). The smallest absolute Gasteiger partial charge is 0.160 e. The van der Waals surface area contributed by atoms with Gasteiger partial charge in [0.2, 0.25) is 0 Å². The molecule has 1 aliphatic rings. The van der Waals surface area contributed by atoms with Crippen molar-refractivity contribution in [1.82, 2.24) is 0 Å². The molecule has 2 unspecified atom stereocenters. The Hall–Kier alpha value is 0.620. The van der Waals surface area contributed by atoms with Gasteiger partial charge in [-0.2, -0.15) is 0 Å². The van der Waals surface area contributed by atoms with Crippen LogP contribution in [0, 0.1) is 5.92 Å². The maximum absolute atomic E-state index is 5.50. The minimum atomic E-state index is 0.414. The van der Waals surface area contributed by atoms with Crippen molar-refractivity contribution in [3.05, 3.63) is 0 Å². The second kappa shape index (κ2) is 4.60. The normalized spacial score (nSPS) is 30.5. The topological polar surface area (TPSA) is 9.23 Å². The van der Waals surface area contributed by atoms with Crippen LogP contribution in [0.3, 0.4) is 0 Å². The first-order valence-electron chi connectivity index (χ1n) is 3.99. The lowest BCUT2D eigenvalue weighted by atomic mass is 10.0. The monoisotopic (exact) mass is 284 g/mol. The zero-order valence-corrected chi connectivity index (χ0v) is 9.65. The fraction of sp³-hybridized carbons (Fsp3) is 0.875. The lowest BCUT2D eigenvalue weighted by Crippen LogP contribution is -2.13. The average Bonchev–Trinajstić information content (AvgIpc) is 2.26. The SMILES string of the molecule is CC1CC(=S)OC1CCCI. The molecule has 0 aromatic carbocycles. The van der Waals surface area contributed by atoms with Crippen LogP contribution in [-0.4, -0.2) is 15.6 Å². The number of halogens is 1. The second-order valence-corrected chi connectivity index (χ2v) is 4.58. The van der Waals surface area contributed by atoms with Crippen LogP contribution in [0.15, 0.2) is 0 Å². The van der Waals surface area contributed by atoms with Gasteiger partial charge >= 0.3 is 0 Å². The summed E-state index contributed by atoms with van der Waals surface area (Å²) in [5, 5.41) is 0.816. The van der Waals surface area contributed by atoms with Gasteiger partial charge < -0.3 is 4.74 Å². The third-order valence-corrected chi connectivity index (χ3v) is 3.05. The molecule has 1 saturated heterocycles. The largest absolute Gasteiger partial charge is 0.484 e. The third-order valence-electron chi connectivity index (χ3n) is 2.03. The minimum Gasteiger partial charge on any atom is -0.484 e. The van der Waals surface area contributed by atoms with Crippen molar-refractivity contribution in [1.29, 1.82) is 0 Å². The molecule has 64 valence electrons. The quantitative estimate of drug-likeness (QED) is 0.447.